The minimum atomic E-state index is -3.55. The van der Waals surface area contributed by atoms with Crippen molar-refractivity contribution in [3.05, 3.63) is 96.1 Å². The number of nitrogens with one attached hydrogen (secondary N) is 2. The fourth-order valence-corrected chi connectivity index (χ4v) is 3.93. The van der Waals surface area contributed by atoms with E-state index in [1.54, 1.807) is 24.3 Å². The van der Waals surface area contributed by atoms with Crippen LogP contribution in [0.2, 0.25) is 0 Å². The molecular formula is C23H24N2O3S. The summed E-state index contributed by atoms with van der Waals surface area (Å²) in [6.07, 6.45) is 1.51. The maximum absolute atomic E-state index is 12.4. The van der Waals surface area contributed by atoms with Crippen LogP contribution in [0.15, 0.2) is 89.8 Å². The highest BCUT2D eigenvalue weighted by Crippen LogP contribution is 2.13. The molecule has 0 aliphatic rings. The Morgan fingerprint density at radius 2 is 1.31 bits per heavy atom. The first-order chi connectivity index (χ1) is 14.0. The molecule has 5 nitrogen and oxygen atoms in total. The van der Waals surface area contributed by atoms with Crippen molar-refractivity contribution in [1.29, 1.82) is 0 Å². The van der Waals surface area contributed by atoms with Crippen LogP contribution in [0.3, 0.4) is 0 Å². The summed E-state index contributed by atoms with van der Waals surface area (Å²) in [7, 11) is -3.55. The van der Waals surface area contributed by atoms with Gasteiger partial charge in [-0.3, -0.25) is 4.79 Å². The van der Waals surface area contributed by atoms with Crippen LogP contribution in [0.1, 0.15) is 17.5 Å². The molecule has 0 radical (unpaired) electrons. The van der Waals surface area contributed by atoms with Gasteiger partial charge in [0, 0.05) is 18.7 Å². The van der Waals surface area contributed by atoms with E-state index in [1.165, 1.54) is 0 Å². The molecule has 29 heavy (non-hydrogen) atoms. The molecule has 0 fully saturated rings. The van der Waals surface area contributed by atoms with E-state index in [-0.39, 0.29) is 10.8 Å². The Morgan fingerprint density at radius 1 is 0.724 bits per heavy atom. The van der Waals surface area contributed by atoms with Gasteiger partial charge in [-0.1, -0.05) is 60.7 Å². The van der Waals surface area contributed by atoms with Crippen LogP contribution < -0.4 is 10.0 Å². The quantitative estimate of drug-likeness (QED) is 0.566. The molecule has 6 heteroatoms. The maximum atomic E-state index is 12.4. The third-order valence-electron chi connectivity index (χ3n) is 4.48. The largest absolute Gasteiger partial charge is 0.326 e. The van der Waals surface area contributed by atoms with Crippen molar-refractivity contribution >= 4 is 21.6 Å². The van der Waals surface area contributed by atoms with Gasteiger partial charge in [-0.25, -0.2) is 13.1 Å². The first-order valence-corrected chi connectivity index (χ1v) is 11.0. The van der Waals surface area contributed by atoms with Crippen LogP contribution in [0, 0.1) is 0 Å². The second kappa shape index (κ2) is 10.0. The number of hydrogen-bond donors (Lipinski definition) is 2. The predicted molar refractivity (Wildman–Crippen MR) is 115 cm³/mol. The van der Waals surface area contributed by atoms with Crippen molar-refractivity contribution in [2.45, 2.75) is 24.2 Å². The molecule has 0 unspecified atom stereocenters. The van der Waals surface area contributed by atoms with Crippen LogP contribution >= 0.6 is 0 Å². The summed E-state index contributed by atoms with van der Waals surface area (Å²) >= 11 is 0. The fraction of sp³-hybridized carbons (Fsp3) is 0.174. The van der Waals surface area contributed by atoms with Crippen LogP contribution in [-0.4, -0.2) is 20.9 Å². The molecule has 0 aliphatic carbocycles. The van der Waals surface area contributed by atoms with Gasteiger partial charge in [-0.05, 0) is 48.2 Å². The first-order valence-electron chi connectivity index (χ1n) is 9.50. The number of benzene rings is 3. The molecule has 0 saturated carbocycles. The van der Waals surface area contributed by atoms with E-state index >= 15 is 0 Å². The van der Waals surface area contributed by atoms with Crippen LogP contribution in [-0.2, 0) is 27.7 Å². The van der Waals surface area contributed by atoms with Crippen LogP contribution in [0.5, 0.6) is 0 Å². The average molecular weight is 409 g/mol. The number of aryl methyl sites for hydroxylation is 1. The van der Waals surface area contributed by atoms with E-state index in [0.29, 0.717) is 25.8 Å². The molecule has 0 spiro atoms. The number of carbonyl (C=O) groups is 1. The second-order valence-electron chi connectivity index (χ2n) is 6.69. The highest BCUT2D eigenvalue weighted by atomic mass is 32.2. The predicted octanol–water partition coefficient (Wildman–Crippen LogP) is 3.78. The van der Waals surface area contributed by atoms with Crippen molar-refractivity contribution in [3.8, 4) is 0 Å². The summed E-state index contributed by atoms with van der Waals surface area (Å²) in [5.74, 6) is -0.0736. The molecule has 0 aromatic heterocycles. The Bertz CT molecular complexity index is 1020. The summed E-state index contributed by atoms with van der Waals surface area (Å²) < 4.78 is 27.5. The lowest BCUT2D eigenvalue weighted by Gasteiger charge is -2.08. The molecule has 3 aromatic carbocycles. The van der Waals surface area contributed by atoms with Gasteiger partial charge in [0.05, 0.1) is 4.90 Å². The molecule has 0 aliphatic heterocycles. The number of anilines is 1. The van der Waals surface area contributed by atoms with Crippen LogP contribution in [0.4, 0.5) is 5.69 Å². The van der Waals surface area contributed by atoms with Crippen LogP contribution in [0.25, 0.3) is 0 Å². The fourth-order valence-electron chi connectivity index (χ4n) is 2.90. The summed E-state index contributed by atoms with van der Waals surface area (Å²) in [4.78, 5) is 12.3. The zero-order valence-electron chi connectivity index (χ0n) is 16.0. The smallest absolute Gasteiger partial charge is 0.240 e. The van der Waals surface area contributed by atoms with Crippen molar-refractivity contribution in [2.75, 3.05) is 11.9 Å². The molecule has 0 bridgehead atoms. The van der Waals surface area contributed by atoms with E-state index in [2.05, 4.69) is 10.0 Å². The number of rotatable bonds is 9. The number of hydrogen-bond acceptors (Lipinski definition) is 3. The maximum Gasteiger partial charge on any atom is 0.240 e. The molecule has 0 heterocycles. The monoisotopic (exact) mass is 408 g/mol. The lowest BCUT2D eigenvalue weighted by molar-refractivity contribution is -0.116. The minimum absolute atomic E-state index is 0.0736. The SMILES string of the molecule is O=C(CCc1ccc(S(=O)(=O)NCCc2ccccc2)cc1)Nc1ccccc1. The van der Waals surface area contributed by atoms with E-state index < -0.39 is 10.0 Å². The Morgan fingerprint density at radius 3 is 1.97 bits per heavy atom. The number of para-hydroxylation sites is 1. The highest BCUT2D eigenvalue weighted by Gasteiger charge is 2.13. The Balaban J connectivity index is 1.48. The van der Waals surface area contributed by atoms with Crippen molar-refractivity contribution in [3.63, 3.8) is 0 Å². The zero-order valence-corrected chi connectivity index (χ0v) is 16.9. The Hall–Kier alpha value is -2.96. The van der Waals surface area contributed by atoms with E-state index in [4.69, 9.17) is 0 Å². The van der Waals surface area contributed by atoms with Gasteiger partial charge in [0.15, 0.2) is 0 Å². The number of carbonyl (C=O) groups excluding carboxylic acids is 1. The molecule has 0 atom stereocenters. The summed E-state index contributed by atoms with van der Waals surface area (Å²) in [6, 6.07) is 25.7. The zero-order chi connectivity index (χ0) is 20.5. The third kappa shape index (κ3) is 6.55. The van der Waals surface area contributed by atoms with Crippen molar-refractivity contribution in [2.24, 2.45) is 0 Å². The van der Waals surface area contributed by atoms with E-state index in [9.17, 15) is 13.2 Å². The first kappa shape index (κ1) is 20.8. The van der Waals surface area contributed by atoms with Crippen molar-refractivity contribution in [1.82, 2.24) is 4.72 Å². The summed E-state index contributed by atoms with van der Waals surface area (Å²) in [5, 5.41) is 2.84. The van der Waals surface area contributed by atoms with E-state index in [1.807, 2.05) is 60.7 Å². The van der Waals surface area contributed by atoms with Gasteiger partial charge in [0.25, 0.3) is 0 Å². The molecule has 3 aromatic rings. The summed E-state index contributed by atoms with van der Waals surface area (Å²) in [6.45, 7) is 0.341. The Kier molecular flexibility index (Phi) is 7.16. The highest BCUT2D eigenvalue weighted by molar-refractivity contribution is 7.89. The van der Waals surface area contributed by atoms with Crippen molar-refractivity contribution < 1.29 is 13.2 Å². The molecule has 0 saturated heterocycles. The molecule has 2 N–H and O–H groups in total. The number of amides is 1. The van der Waals surface area contributed by atoms with Gasteiger partial charge in [0.2, 0.25) is 15.9 Å². The molecule has 1 amide bonds. The van der Waals surface area contributed by atoms with Gasteiger partial charge in [0.1, 0.15) is 0 Å². The van der Waals surface area contributed by atoms with E-state index in [0.717, 1.165) is 16.8 Å². The lowest BCUT2D eigenvalue weighted by atomic mass is 10.1. The summed E-state index contributed by atoms with van der Waals surface area (Å²) in [5.41, 5.74) is 2.76. The van der Waals surface area contributed by atoms with Gasteiger partial charge >= 0.3 is 0 Å². The lowest BCUT2D eigenvalue weighted by Crippen LogP contribution is -2.26. The second-order valence-corrected chi connectivity index (χ2v) is 8.46. The van der Waals surface area contributed by atoms with Gasteiger partial charge in [-0.15, -0.1) is 0 Å². The normalized spacial score (nSPS) is 11.2. The standard InChI is InChI=1S/C23H24N2O3S/c26-23(25-21-9-5-2-6-10-21)16-13-20-11-14-22(15-12-20)29(27,28)24-18-17-19-7-3-1-4-8-19/h1-12,14-15,24H,13,16-18H2,(H,25,26). The molecular weight excluding hydrogens is 384 g/mol. The third-order valence-corrected chi connectivity index (χ3v) is 5.96. The molecule has 150 valence electrons. The topological polar surface area (TPSA) is 75.3 Å². The minimum Gasteiger partial charge on any atom is -0.326 e. The molecule has 3 rings (SSSR count). The average Bonchev–Trinajstić information content (AvgIpc) is 2.74. The van der Waals surface area contributed by atoms with Gasteiger partial charge in [-0.2, -0.15) is 0 Å². The number of sulfonamides is 1. The Labute approximate surface area is 171 Å². The van der Waals surface area contributed by atoms with Gasteiger partial charge < -0.3 is 5.32 Å².